The van der Waals surface area contributed by atoms with Gasteiger partial charge in [-0.25, -0.2) is 0 Å². The molecule has 0 amide bonds. The van der Waals surface area contributed by atoms with Crippen LogP contribution in [-0.2, 0) is 4.79 Å². The Hall–Kier alpha value is -0.825. The normalized spacial score (nSPS) is 21.1. The average Bonchev–Trinajstić information content (AvgIpc) is 2.39. The highest BCUT2D eigenvalue weighted by Crippen LogP contribution is 2.47. The quantitative estimate of drug-likeness (QED) is 0.590. The molecule has 0 aromatic heterocycles. The van der Waals surface area contributed by atoms with Crippen molar-refractivity contribution in [2.45, 2.75) is 42.0 Å². The molecule has 1 heterocycles. The molecule has 3 heteroatoms. The topological polar surface area (TPSA) is 17.1 Å². The maximum atomic E-state index is 12.1. The first-order chi connectivity index (χ1) is 8.56. The summed E-state index contributed by atoms with van der Waals surface area (Å²) in [6.07, 6.45) is 3.85. The molecule has 17 heavy (non-hydrogen) atoms. The van der Waals surface area contributed by atoms with Gasteiger partial charge in [-0.15, -0.1) is 10.5 Å². The second-order valence-corrected chi connectivity index (χ2v) is 6.58. The van der Waals surface area contributed by atoms with E-state index in [4.69, 9.17) is 1.37 Å². The highest BCUT2D eigenvalue weighted by Gasteiger charge is 2.39. The van der Waals surface area contributed by atoms with Crippen LogP contribution in [0, 0.1) is 0 Å². The summed E-state index contributed by atoms with van der Waals surface area (Å²) in [4.78, 5) is 13.2. The predicted molar refractivity (Wildman–Crippen MR) is 77.4 cm³/mol. The van der Waals surface area contributed by atoms with E-state index in [0.717, 1.165) is 30.4 Å². The molecule has 1 aromatic rings. The van der Waals surface area contributed by atoms with Crippen LogP contribution in [0.1, 0.15) is 21.1 Å². The number of ketones is 1. The zero-order valence-electron chi connectivity index (χ0n) is 11.2. The van der Waals surface area contributed by atoms with E-state index in [0.29, 0.717) is 6.04 Å². The van der Waals surface area contributed by atoms with Gasteiger partial charge in [0.05, 0.1) is 6.12 Å². The third-order valence-electron chi connectivity index (χ3n) is 3.59. The Bertz CT molecular complexity index is 463. The maximum absolute atomic E-state index is 12.1. The lowest BCUT2D eigenvalue weighted by molar-refractivity contribution is -0.119. The molecule has 1 unspecified atom stereocenters. The van der Waals surface area contributed by atoms with Gasteiger partial charge in [0.15, 0.2) is 0 Å². The molecule has 0 saturated carbocycles. The fourth-order valence-corrected chi connectivity index (χ4v) is 4.46. The molecule has 1 radical (unpaired) electrons. The minimum atomic E-state index is -0.320. The molecule has 1 aliphatic heterocycles. The van der Waals surface area contributed by atoms with Crippen LogP contribution in [0.3, 0.4) is 0 Å². The first kappa shape index (κ1) is 11.3. The number of hydrogen-bond donors (Lipinski definition) is 0. The fraction of sp³-hybridized carbons (Fsp3) is 0.429. The second-order valence-electron chi connectivity index (χ2n) is 4.54. The predicted octanol–water partition coefficient (Wildman–Crippen LogP) is 3.41. The number of carbonyl (C=O) groups is 1. The van der Waals surface area contributed by atoms with E-state index in [2.05, 4.69) is 13.1 Å². The van der Waals surface area contributed by atoms with E-state index >= 15 is 0 Å². The molecule has 2 rings (SSSR count). The minimum absolute atomic E-state index is 0.267. The molecule has 1 fully saturated rings. The van der Waals surface area contributed by atoms with Crippen LogP contribution in [0.4, 0.5) is 0 Å². The summed E-state index contributed by atoms with van der Waals surface area (Å²) >= 11 is 0. The smallest absolute Gasteiger partial charge is 0.145 e. The number of rotatable bonds is 3. The lowest BCUT2D eigenvalue weighted by atomic mass is 9.60. The summed E-state index contributed by atoms with van der Waals surface area (Å²) in [5, 5.41) is 0. The van der Waals surface area contributed by atoms with Gasteiger partial charge >= 0.3 is 0 Å². The Morgan fingerprint density at radius 1 is 1.47 bits per heavy atom. The Kier molecular flexibility index (Phi) is 3.46. The van der Waals surface area contributed by atoms with Gasteiger partial charge in [0, 0.05) is 4.90 Å². The van der Waals surface area contributed by atoms with E-state index in [-0.39, 0.29) is 21.0 Å². The Morgan fingerprint density at radius 3 is 2.59 bits per heavy atom. The molecular weight excluding hydrogens is 227 g/mol. The van der Waals surface area contributed by atoms with Crippen molar-refractivity contribution in [1.29, 1.82) is 0 Å². The molecule has 0 bridgehead atoms. The molecule has 1 nitrogen and oxygen atoms in total. The summed E-state index contributed by atoms with van der Waals surface area (Å²) in [7, 11) is 1.95. The van der Waals surface area contributed by atoms with Crippen LogP contribution >= 0.6 is 10.5 Å². The van der Waals surface area contributed by atoms with Crippen molar-refractivity contribution in [1.82, 2.24) is 0 Å². The molecule has 0 N–H and O–H groups in total. The largest absolute Gasteiger partial charge is 0.298 e. The van der Waals surface area contributed by atoms with E-state index in [1.165, 1.54) is 0 Å². The van der Waals surface area contributed by atoms with Gasteiger partial charge in [0.2, 0.25) is 0 Å². The first-order valence-corrected chi connectivity index (χ1v) is 7.39. The molecule has 89 valence electrons. The van der Waals surface area contributed by atoms with E-state index in [1.54, 1.807) is 19.1 Å². The van der Waals surface area contributed by atoms with Gasteiger partial charge < -0.3 is 0 Å². The van der Waals surface area contributed by atoms with Crippen molar-refractivity contribution >= 4 is 29.4 Å². The van der Waals surface area contributed by atoms with Crippen molar-refractivity contribution < 1.29 is 6.17 Å². The molecule has 1 aromatic carbocycles. The highest BCUT2D eigenvalue weighted by atomic mass is 32.2. The summed E-state index contributed by atoms with van der Waals surface area (Å²) in [5.74, 6) is 4.55. The van der Waals surface area contributed by atoms with Gasteiger partial charge in [-0.2, -0.15) is 0 Å². The van der Waals surface area contributed by atoms with E-state index < -0.39 is 0 Å². The summed E-state index contributed by atoms with van der Waals surface area (Å²) in [5.41, 5.74) is 0. The average molecular weight is 246 g/mol. The van der Waals surface area contributed by atoms with E-state index in [1.807, 2.05) is 12.1 Å². The van der Waals surface area contributed by atoms with E-state index in [9.17, 15) is 4.79 Å². The van der Waals surface area contributed by atoms with Crippen molar-refractivity contribution in [3.8, 4) is 0 Å². The number of Topliss-reactive ketones (excluding diaryl/α,β-unsaturated/α-hetero) is 1. The van der Waals surface area contributed by atoms with Crippen molar-refractivity contribution in [3.63, 3.8) is 0 Å². The Labute approximate surface area is 108 Å². The lowest BCUT2D eigenvalue weighted by Crippen LogP contribution is -2.38. The number of carbonyl (C=O) groups excluding carboxylic acids is 1. The molecular formula is C14H18BOS. The van der Waals surface area contributed by atoms with Crippen LogP contribution in [0.15, 0.2) is 35.2 Å². The monoisotopic (exact) mass is 246 g/mol. The molecule has 0 aliphatic carbocycles. The van der Waals surface area contributed by atoms with Gasteiger partial charge in [-0.3, -0.25) is 4.79 Å². The van der Waals surface area contributed by atoms with Gasteiger partial charge in [0.25, 0.3) is 0 Å². The van der Waals surface area contributed by atoms with Crippen LogP contribution in [0.25, 0.3) is 0 Å². The zero-order valence-corrected chi connectivity index (χ0v) is 11.1. The molecule has 1 aliphatic rings. The first-order valence-electron chi connectivity index (χ1n) is 6.50. The van der Waals surface area contributed by atoms with Gasteiger partial charge in [-0.1, -0.05) is 36.7 Å². The third kappa shape index (κ3) is 2.39. The van der Waals surface area contributed by atoms with Gasteiger partial charge in [0.1, 0.15) is 13.1 Å². The summed E-state index contributed by atoms with van der Waals surface area (Å²) in [6.45, 7) is 1.70. The number of benzene rings is 1. The Morgan fingerprint density at radius 2 is 2.06 bits per heavy atom. The van der Waals surface area contributed by atoms with Crippen LogP contribution in [-0.4, -0.2) is 23.7 Å². The standard InChI is InChI=1S/C14H18BOS/c1-12(16)14(8-10-15-11-9-14)17(2)13-6-4-3-5-7-13/h3-7H,2,8-11H2,1H3/i3D. The minimum Gasteiger partial charge on any atom is -0.298 e. The number of hydrogen-bond acceptors (Lipinski definition) is 1. The molecule has 0 spiro atoms. The summed E-state index contributed by atoms with van der Waals surface area (Å²) < 4.78 is 7.24. The summed E-state index contributed by atoms with van der Waals surface area (Å²) in [6, 6.07) is 7.96. The second kappa shape index (κ2) is 5.22. The van der Waals surface area contributed by atoms with Crippen LogP contribution < -0.4 is 0 Å². The van der Waals surface area contributed by atoms with Crippen molar-refractivity contribution in [2.24, 2.45) is 0 Å². The Balaban J connectivity index is 2.34. The molecule has 1 saturated heterocycles. The fourth-order valence-electron chi connectivity index (χ4n) is 2.47. The van der Waals surface area contributed by atoms with Crippen molar-refractivity contribution in [3.05, 3.63) is 30.3 Å². The highest BCUT2D eigenvalue weighted by molar-refractivity contribution is 8.16. The zero-order chi connectivity index (χ0) is 13.2. The van der Waals surface area contributed by atoms with Crippen molar-refractivity contribution in [2.75, 3.05) is 0 Å². The molecule has 1 atom stereocenters. The van der Waals surface area contributed by atoms with Crippen LogP contribution in [0.2, 0.25) is 12.6 Å². The SMILES string of the molecule is [2H]c1ccc(S(=C)C2(C(C)=O)CC[B]CC2)cc1. The lowest BCUT2D eigenvalue weighted by Gasteiger charge is -2.37. The third-order valence-corrected chi connectivity index (χ3v) is 6.07. The van der Waals surface area contributed by atoms with Gasteiger partial charge in [-0.05, 0) is 31.9 Å². The van der Waals surface area contributed by atoms with Crippen LogP contribution in [0.5, 0.6) is 0 Å². The maximum Gasteiger partial charge on any atom is 0.145 e.